The number of hydrogen-bond donors (Lipinski definition) is 1. The second-order valence-electron chi connectivity index (χ2n) is 7.22. The maximum absolute atomic E-state index is 12.7. The van der Waals surface area contributed by atoms with Gasteiger partial charge in [0.2, 0.25) is 0 Å². The molecule has 23 heavy (non-hydrogen) atoms. The number of anilines is 1. The van der Waals surface area contributed by atoms with Crippen LogP contribution in [0.3, 0.4) is 0 Å². The molecule has 1 unspecified atom stereocenters. The van der Waals surface area contributed by atoms with Crippen molar-refractivity contribution in [2.24, 2.45) is 18.4 Å². The van der Waals surface area contributed by atoms with Crippen LogP contribution in [-0.2, 0) is 18.2 Å². The molecule has 1 spiro atoms. The fourth-order valence-electron chi connectivity index (χ4n) is 4.24. The van der Waals surface area contributed by atoms with Crippen LogP contribution in [0.5, 0.6) is 0 Å². The number of hydrogen-bond acceptors (Lipinski definition) is 3. The summed E-state index contributed by atoms with van der Waals surface area (Å²) in [5.41, 5.74) is 1.25. The first-order valence-electron chi connectivity index (χ1n) is 8.65. The molecule has 0 aliphatic carbocycles. The summed E-state index contributed by atoms with van der Waals surface area (Å²) >= 11 is 0. The predicted molar refractivity (Wildman–Crippen MR) is 89.4 cm³/mol. The largest absolute Gasteiger partial charge is 0.381 e. The van der Waals surface area contributed by atoms with E-state index in [2.05, 4.69) is 31.2 Å². The molecule has 3 rings (SSSR count). The molecule has 2 fully saturated rings. The van der Waals surface area contributed by atoms with Gasteiger partial charge in [-0.1, -0.05) is 20.8 Å². The summed E-state index contributed by atoms with van der Waals surface area (Å²) < 4.78 is 7.26. The van der Waals surface area contributed by atoms with E-state index in [1.54, 1.807) is 4.68 Å². The number of nitrogens with zero attached hydrogens (tertiary/aromatic N) is 3. The van der Waals surface area contributed by atoms with Gasteiger partial charge in [-0.3, -0.25) is 10.00 Å². The van der Waals surface area contributed by atoms with Crippen LogP contribution in [0.1, 0.15) is 39.3 Å². The average molecular weight is 320 g/mol. The van der Waals surface area contributed by atoms with E-state index < -0.39 is 0 Å². The number of ether oxygens (including phenoxy) is 1. The minimum Gasteiger partial charge on any atom is -0.381 e. The molecule has 1 aromatic rings. The van der Waals surface area contributed by atoms with Crippen molar-refractivity contribution in [3.05, 3.63) is 11.8 Å². The summed E-state index contributed by atoms with van der Waals surface area (Å²) in [4.78, 5) is 14.7. The van der Waals surface area contributed by atoms with Gasteiger partial charge in [-0.2, -0.15) is 5.10 Å². The van der Waals surface area contributed by atoms with Gasteiger partial charge in [0.25, 0.3) is 0 Å². The van der Waals surface area contributed by atoms with Gasteiger partial charge >= 0.3 is 6.03 Å². The highest BCUT2D eigenvalue weighted by molar-refractivity contribution is 5.89. The minimum atomic E-state index is -0.00790. The predicted octanol–water partition coefficient (Wildman–Crippen LogP) is 2.65. The summed E-state index contributed by atoms with van der Waals surface area (Å²) in [6, 6.07) is 2.24. The van der Waals surface area contributed by atoms with Gasteiger partial charge in [-0.05, 0) is 25.2 Å². The molecule has 2 aliphatic rings. The molecule has 0 saturated carbocycles. The van der Waals surface area contributed by atoms with Crippen molar-refractivity contribution >= 4 is 11.8 Å². The van der Waals surface area contributed by atoms with E-state index in [1.807, 2.05) is 18.0 Å². The van der Waals surface area contributed by atoms with E-state index in [9.17, 15) is 4.79 Å². The Hall–Kier alpha value is -1.56. The molecular weight excluding hydrogens is 292 g/mol. The molecule has 3 heterocycles. The molecule has 128 valence electrons. The number of carbonyl (C=O) groups excluding carboxylic acids is 1. The molecule has 2 aliphatic heterocycles. The number of urea groups is 1. The lowest BCUT2D eigenvalue weighted by atomic mass is 9.63. The first kappa shape index (κ1) is 16.3. The maximum Gasteiger partial charge on any atom is 0.323 e. The van der Waals surface area contributed by atoms with Gasteiger partial charge in [0.15, 0.2) is 0 Å². The van der Waals surface area contributed by atoms with Crippen molar-refractivity contribution in [1.82, 2.24) is 14.7 Å². The van der Waals surface area contributed by atoms with Gasteiger partial charge in [0.05, 0.1) is 5.69 Å². The van der Waals surface area contributed by atoms with E-state index in [-0.39, 0.29) is 11.4 Å². The topological polar surface area (TPSA) is 59.4 Å². The van der Waals surface area contributed by atoms with Gasteiger partial charge < -0.3 is 9.64 Å². The second-order valence-corrected chi connectivity index (χ2v) is 7.22. The summed E-state index contributed by atoms with van der Waals surface area (Å²) in [6.07, 6.45) is 2.99. The highest BCUT2D eigenvalue weighted by Gasteiger charge is 2.55. The van der Waals surface area contributed by atoms with Crippen molar-refractivity contribution in [1.29, 1.82) is 0 Å². The fraction of sp³-hybridized carbons (Fsp3) is 0.765. The third-order valence-electron chi connectivity index (χ3n) is 5.36. The molecule has 6 heteroatoms. The average Bonchev–Trinajstić information content (AvgIpc) is 2.85. The number of aromatic nitrogens is 2. The van der Waals surface area contributed by atoms with Gasteiger partial charge in [0.1, 0.15) is 5.82 Å². The van der Waals surface area contributed by atoms with E-state index >= 15 is 0 Å². The molecule has 0 aromatic carbocycles. The van der Waals surface area contributed by atoms with Gasteiger partial charge in [0, 0.05) is 44.3 Å². The Labute approximate surface area is 138 Å². The Balaban J connectivity index is 1.71. The molecule has 2 amide bonds. The zero-order valence-electron chi connectivity index (χ0n) is 14.6. The molecule has 2 saturated heterocycles. The van der Waals surface area contributed by atoms with E-state index in [0.717, 1.165) is 50.5 Å². The number of amides is 2. The Morgan fingerprint density at radius 3 is 2.74 bits per heavy atom. The molecular formula is C17H28N4O2. The summed E-state index contributed by atoms with van der Waals surface area (Å²) in [5.74, 6) is 1.22. The fourth-order valence-corrected chi connectivity index (χ4v) is 4.24. The zero-order valence-corrected chi connectivity index (χ0v) is 14.6. The smallest absolute Gasteiger partial charge is 0.323 e. The van der Waals surface area contributed by atoms with Crippen LogP contribution in [0, 0.1) is 11.3 Å². The Bertz CT molecular complexity index is 575. The van der Waals surface area contributed by atoms with Gasteiger partial charge in [-0.25, -0.2) is 4.79 Å². The van der Waals surface area contributed by atoms with Crippen LogP contribution < -0.4 is 5.32 Å². The Morgan fingerprint density at radius 2 is 2.17 bits per heavy atom. The first-order valence-corrected chi connectivity index (χ1v) is 8.65. The van der Waals surface area contributed by atoms with Crippen molar-refractivity contribution in [2.75, 3.05) is 25.1 Å². The lowest BCUT2D eigenvalue weighted by molar-refractivity contribution is -0.122. The van der Waals surface area contributed by atoms with E-state index in [4.69, 9.17) is 4.74 Å². The summed E-state index contributed by atoms with van der Waals surface area (Å²) in [7, 11) is 1.87. The highest BCUT2D eigenvalue weighted by Crippen LogP contribution is 2.48. The monoisotopic (exact) mass is 320 g/mol. The third kappa shape index (κ3) is 2.84. The Morgan fingerprint density at radius 1 is 1.48 bits per heavy atom. The van der Waals surface area contributed by atoms with Crippen LogP contribution in [0.2, 0.25) is 0 Å². The normalized spacial score (nSPS) is 23.2. The maximum atomic E-state index is 12.7. The van der Waals surface area contributed by atoms with Crippen LogP contribution in [-0.4, -0.2) is 46.5 Å². The second kappa shape index (κ2) is 6.15. The zero-order chi connectivity index (χ0) is 16.6. The van der Waals surface area contributed by atoms with Crippen LogP contribution >= 0.6 is 0 Å². The standard InChI is InChI=1S/C17H28N4O2/c1-5-13-10-14(20(4)19-13)18-16(22)21-11-17(15(21)12(2)3)6-8-23-9-7-17/h10,12,15H,5-9,11H2,1-4H3,(H,18,22). The lowest BCUT2D eigenvalue weighted by Crippen LogP contribution is -2.70. The number of carbonyl (C=O) groups is 1. The molecule has 1 N–H and O–H groups in total. The molecule has 6 nitrogen and oxygen atoms in total. The lowest BCUT2D eigenvalue weighted by Gasteiger charge is -2.60. The molecule has 0 bridgehead atoms. The summed E-state index contributed by atoms with van der Waals surface area (Å²) in [6.45, 7) is 8.96. The number of nitrogens with one attached hydrogen (secondary N) is 1. The van der Waals surface area contributed by atoms with Crippen LogP contribution in [0.15, 0.2) is 6.07 Å². The van der Waals surface area contributed by atoms with E-state index in [0.29, 0.717) is 12.0 Å². The number of likely N-dealkylation sites (tertiary alicyclic amines) is 1. The third-order valence-corrected chi connectivity index (χ3v) is 5.36. The minimum absolute atomic E-state index is 0.00790. The van der Waals surface area contributed by atoms with Crippen LogP contribution in [0.4, 0.5) is 10.6 Å². The van der Waals surface area contributed by atoms with Crippen LogP contribution in [0.25, 0.3) is 0 Å². The van der Waals surface area contributed by atoms with Crippen molar-refractivity contribution in [3.8, 4) is 0 Å². The van der Waals surface area contributed by atoms with Crippen molar-refractivity contribution in [3.63, 3.8) is 0 Å². The Kier molecular flexibility index (Phi) is 4.36. The molecule has 1 aromatic heterocycles. The quantitative estimate of drug-likeness (QED) is 0.931. The number of rotatable bonds is 3. The van der Waals surface area contributed by atoms with E-state index in [1.165, 1.54) is 0 Å². The number of aryl methyl sites for hydroxylation is 2. The molecule has 1 atom stereocenters. The highest BCUT2D eigenvalue weighted by atomic mass is 16.5. The van der Waals surface area contributed by atoms with Crippen molar-refractivity contribution < 1.29 is 9.53 Å². The van der Waals surface area contributed by atoms with Crippen molar-refractivity contribution in [2.45, 2.75) is 46.1 Å². The SMILES string of the molecule is CCc1cc(NC(=O)N2CC3(CCOCC3)C2C(C)C)n(C)n1. The first-order chi connectivity index (χ1) is 11.0. The molecule has 0 radical (unpaired) electrons. The summed E-state index contributed by atoms with van der Waals surface area (Å²) in [5, 5.41) is 7.42. The van der Waals surface area contributed by atoms with Gasteiger partial charge in [-0.15, -0.1) is 0 Å².